The average Bonchev–Trinajstić information content (AvgIpc) is 2.66. The van der Waals surface area contributed by atoms with Crippen LogP contribution in [-0.4, -0.2) is 48.3 Å². The largest absolute Gasteiger partial charge is 0.481 e. The second kappa shape index (κ2) is 8.14. The molecule has 10 heteroatoms. The SMILES string of the molecule is COc1cc(Nc2nc(N[C@@H]3CCOC[C@@H]3N)c(F)cc2C(N)=O)ccn1. The van der Waals surface area contributed by atoms with Gasteiger partial charge in [0.25, 0.3) is 5.91 Å². The minimum atomic E-state index is -0.806. The summed E-state index contributed by atoms with van der Waals surface area (Å²) in [6.07, 6.45) is 2.14. The molecular weight excluding hydrogens is 355 g/mol. The molecule has 0 radical (unpaired) electrons. The number of carbonyl (C=O) groups excluding carboxylic acids is 1. The molecule has 0 bridgehead atoms. The highest BCUT2D eigenvalue weighted by molar-refractivity contribution is 5.98. The van der Waals surface area contributed by atoms with E-state index in [-0.39, 0.29) is 29.3 Å². The van der Waals surface area contributed by atoms with E-state index >= 15 is 0 Å². The maximum Gasteiger partial charge on any atom is 0.252 e. The van der Waals surface area contributed by atoms with Crippen LogP contribution in [-0.2, 0) is 4.74 Å². The van der Waals surface area contributed by atoms with Gasteiger partial charge in [0.2, 0.25) is 5.88 Å². The topological polar surface area (TPSA) is 137 Å². The van der Waals surface area contributed by atoms with Crippen LogP contribution in [0.15, 0.2) is 24.4 Å². The number of nitrogens with one attached hydrogen (secondary N) is 2. The molecule has 1 saturated heterocycles. The van der Waals surface area contributed by atoms with Crippen LogP contribution in [0.1, 0.15) is 16.8 Å². The number of primary amides is 1. The summed E-state index contributed by atoms with van der Waals surface area (Å²) in [6, 6.07) is 3.81. The summed E-state index contributed by atoms with van der Waals surface area (Å²) in [4.78, 5) is 19.9. The fraction of sp³-hybridized carbons (Fsp3) is 0.353. The van der Waals surface area contributed by atoms with E-state index in [0.717, 1.165) is 6.07 Å². The Kier molecular flexibility index (Phi) is 5.67. The zero-order valence-electron chi connectivity index (χ0n) is 14.7. The Labute approximate surface area is 155 Å². The molecule has 2 aromatic heterocycles. The van der Waals surface area contributed by atoms with Gasteiger partial charge in [-0.3, -0.25) is 4.79 Å². The minimum absolute atomic E-state index is 0.0223. The molecular formula is C17H21FN6O3. The molecule has 144 valence electrons. The predicted octanol–water partition coefficient (Wildman–Crippen LogP) is 0.995. The summed E-state index contributed by atoms with van der Waals surface area (Å²) >= 11 is 0. The maximum atomic E-state index is 14.5. The van der Waals surface area contributed by atoms with Crippen molar-refractivity contribution >= 4 is 23.2 Å². The average molecular weight is 376 g/mol. The molecule has 2 aromatic rings. The number of aromatic nitrogens is 2. The Hall–Kier alpha value is -2.98. The van der Waals surface area contributed by atoms with Gasteiger partial charge in [-0.25, -0.2) is 14.4 Å². The van der Waals surface area contributed by atoms with E-state index in [4.69, 9.17) is 20.9 Å². The number of halogens is 1. The van der Waals surface area contributed by atoms with Gasteiger partial charge in [0.05, 0.1) is 19.3 Å². The summed E-state index contributed by atoms with van der Waals surface area (Å²) in [7, 11) is 1.48. The van der Waals surface area contributed by atoms with Gasteiger partial charge in [0.15, 0.2) is 11.6 Å². The van der Waals surface area contributed by atoms with Gasteiger partial charge >= 0.3 is 0 Å². The molecule has 0 aromatic carbocycles. The fourth-order valence-electron chi connectivity index (χ4n) is 2.72. The van der Waals surface area contributed by atoms with Crippen LogP contribution in [0.25, 0.3) is 0 Å². The molecule has 9 nitrogen and oxygen atoms in total. The number of ether oxygens (including phenoxy) is 2. The molecule has 1 amide bonds. The number of amides is 1. The Bertz CT molecular complexity index is 834. The Balaban J connectivity index is 1.91. The normalized spacial score (nSPS) is 19.4. The Morgan fingerprint density at radius 1 is 1.41 bits per heavy atom. The van der Waals surface area contributed by atoms with Crippen molar-refractivity contribution in [1.29, 1.82) is 0 Å². The molecule has 0 saturated carbocycles. The van der Waals surface area contributed by atoms with E-state index in [2.05, 4.69) is 20.6 Å². The van der Waals surface area contributed by atoms with Crippen LogP contribution in [0.4, 0.5) is 21.7 Å². The smallest absolute Gasteiger partial charge is 0.252 e. The number of hydrogen-bond acceptors (Lipinski definition) is 8. The lowest BCUT2D eigenvalue weighted by Gasteiger charge is -2.30. The summed E-state index contributed by atoms with van der Waals surface area (Å²) < 4.78 is 24.8. The van der Waals surface area contributed by atoms with Crippen molar-refractivity contribution in [2.45, 2.75) is 18.5 Å². The minimum Gasteiger partial charge on any atom is -0.481 e. The lowest BCUT2D eigenvalue weighted by Crippen LogP contribution is -2.47. The van der Waals surface area contributed by atoms with Crippen molar-refractivity contribution in [1.82, 2.24) is 9.97 Å². The zero-order chi connectivity index (χ0) is 19.4. The van der Waals surface area contributed by atoms with E-state index in [1.54, 1.807) is 12.1 Å². The maximum absolute atomic E-state index is 14.5. The van der Waals surface area contributed by atoms with Crippen LogP contribution >= 0.6 is 0 Å². The predicted molar refractivity (Wildman–Crippen MR) is 97.6 cm³/mol. The van der Waals surface area contributed by atoms with E-state index < -0.39 is 11.7 Å². The van der Waals surface area contributed by atoms with Crippen molar-refractivity contribution in [3.05, 3.63) is 35.8 Å². The quantitative estimate of drug-likeness (QED) is 0.586. The molecule has 1 fully saturated rings. The van der Waals surface area contributed by atoms with Crippen molar-refractivity contribution in [2.75, 3.05) is 31.0 Å². The number of hydrogen-bond donors (Lipinski definition) is 4. The molecule has 2 atom stereocenters. The van der Waals surface area contributed by atoms with Gasteiger partial charge < -0.3 is 31.6 Å². The lowest BCUT2D eigenvalue weighted by atomic mass is 10.0. The van der Waals surface area contributed by atoms with Crippen LogP contribution < -0.4 is 26.8 Å². The Morgan fingerprint density at radius 3 is 2.93 bits per heavy atom. The van der Waals surface area contributed by atoms with E-state index in [1.165, 1.54) is 13.3 Å². The van der Waals surface area contributed by atoms with Crippen molar-refractivity contribution in [2.24, 2.45) is 11.5 Å². The molecule has 3 rings (SSSR count). The van der Waals surface area contributed by atoms with Crippen LogP contribution in [0.3, 0.4) is 0 Å². The summed E-state index contributed by atoms with van der Waals surface area (Å²) in [5.41, 5.74) is 11.8. The number of anilines is 3. The van der Waals surface area contributed by atoms with E-state index in [1.807, 2.05) is 0 Å². The fourth-order valence-corrected chi connectivity index (χ4v) is 2.72. The summed E-state index contributed by atoms with van der Waals surface area (Å²) in [5, 5.41) is 5.94. The zero-order valence-corrected chi connectivity index (χ0v) is 14.7. The van der Waals surface area contributed by atoms with Gasteiger partial charge in [0, 0.05) is 36.6 Å². The third-order valence-corrected chi connectivity index (χ3v) is 4.17. The summed E-state index contributed by atoms with van der Waals surface area (Å²) in [5.74, 6) is -1.04. The van der Waals surface area contributed by atoms with Crippen molar-refractivity contribution in [3.63, 3.8) is 0 Å². The highest BCUT2D eigenvalue weighted by atomic mass is 19.1. The first-order valence-corrected chi connectivity index (χ1v) is 8.35. The van der Waals surface area contributed by atoms with Crippen molar-refractivity contribution < 1.29 is 18.7 Å². The molecule has 1 aliphatic heterocycles. The third kappa shape index (κ3) is 4.41. The molecule has 0 aliphatic carbocycles. The second-order valence-corrected chi connectivity index (χ2v) is 6.07. The molecule has 1 aliphatic rings. The molecule has 27 heavy (non-hydrogen) atoms. The number of pyridine rings is 2. The number of nitrogens with two attached hydrogens (primary N) is 2. The summed E-state index contributed by atoms with van der Waals surface area (Å²) in [6.45, 7) is 0.898. The molecule has 0 spiro atoms. The van der Waals surface area contributed by atoms with Gasteiger partial charge in [-0.05, 0) is 18.6 Å². The molecule has 3 heterocycles. The lowest BCUT2D eigenvalue weighted by molar-refractivity contribution is 0.0751. The monoisotopic (exact) mass is 376 g/mol. The first-order valence-electron chi connectivity index (χ1n) is 8.35. The standard InChI is InChI=1S/C17H21FN6O3/c1-26-14-6-9(2-4-21-14)22-16-10(15(20)25)7-11(18)17(24-16)23-13-3-5-27-8-12(13)19/h2,4,6-7,12-13H,3,5,8,19H2,1H3,(H2,20,25)(H2,21,22,23,24)/t12-,13+/m0/s1. The van der Waals surface area contributed by atoms with E-state index in [0.29, 0.717) is 31.2 Å². The van der Waals surface area contributed by atoms with Crippen LogP contribution in [0.5, 0.6) is 5.88 Å². The number of methoxy groups -OCH3 is 1. The highest BCUT2D eigenvalue weighted by Gasteiger charge is 2.25. The van der Waals surface area contributed by atoms with Gasteiger partial charge in [-0.1, -0.05) is 0 Å². The van der Waals surface area contributed by atoms with Crippen molar-refractivity contribution in [3.8, 4) is 5.88 Å². The van der Waals surface area contributed by atoms with Crippen LogP contribution in [0.2, 0.25) is 0 Å². The van der Waals surface area contributed by atoms with Gasteiger partial charge in [0.1, 0.15) is 5.82 Å². The van der Waals surface area contributed by atoms with Crippen LogP contribution in [0, 0.1) is 5.82 Å². The number of carbonyl (C=O) groups is 1. The highest BCUT2D eigenvalue weighted by Crippen LogP contribution is 2.26. The van der Waals surface area contributed by atoms with Gasteiger partial charge in [-0.15, -0.1) is 0 Å². The Morgan fingerprint density at radius 2 is 2.22 bits per heavy atom. The second-order valence-electron chi connectivity index (χ2n) is 6.07. The van der Waals surface area contributed by atoms with E-state index in [9.17, 15) is 9.18 Å². The van der Waals surface area contributed by atoms with Gasteiger partial charge in [-0.2, -0.15) is 0 Å². The number of rotatable bonds is 6. The molecule has 6 N–H and O–H groups in total. The first kappa shape index (κ1) is 18.8. The number of nitrogens with zero attached hydrogens (tertiary/aromatic N) is 2. The molecule has 0 unspecified atom stereocenters. The first-order chi connectivity index (χ1) is 13.0. The third-order valence-electron chi connectivity index (χ3n) is 4.17.